The van der Waals surface area contributed by atoms with Crippen molar-refractivity contribution in [1.29, 1.82) is 0 Å². The molecule has 3 N–H and O–H groups in total. The molecule has 178 valence electrons. The highest BCUT2D eigenvalue weighted by molar-refractivity contribution is 5.77. The number of H-pyrrole nitrogens is 1. The maximum atomic E-state index is 13.0. The van der Waals surface area contributed by atoms with E-state index in [9.17, 15) is 14.4 Å². The second-order valence-electron chi connectivity index (χ2n) is 10.1. The van der Waals surface area contributed by atoms with Gasteiger partial charge in [0.1, 0.15) is 5.75 Å². The van der Waals surface area contributed by atoms with E-state index in [0.29, 0.717) is 29.8 Å². The number of aromatic nitrogens is 2. The van der Waals surface area contributed by atoms with Crippen molar-refractivity contribution in [1.82, 2.24) is 20.4 Å². The second kappa shape index (κ2) is 9.55. The number of aromatic amines is 1. The van der Waals surface area contributed by atoms with Gasteiger partial charge in [-0.05, 0) is 48.8 Å². The van der Waals surface area contributed by atoms with Crippen molar-refractivity contribution < 1.29 is 9.53 Å². The summed E-state index contributed by atoms with van der Waals surface area (Å²) in [5.74, 6) is 0.290. The molecule has 1 unspecified atom stereocenters. The summed E-state index contributed by atoms with van der Waals surface area (Å²) < 4.78 is 6.99. The topological polar surface area (TPSA) is 105 Å². The number of hydrogen-bond donors (Lipinski definition) is 3. The molecule has 1 heterocycles. The van der Waals surface area contributed by atoms with Crippen LogP contribution in [0.2, 0.25) is 0 Å². The SMILES string of the molecule is CC(C)(C)c1ccc(OCC(=O)NNC2CCc3c2[nH]c(=O)n(C2CCCCC2)c3=O)cc1. The molecule has 0 saturated heterocycles. The van der Waals surface area contributed by atoms with Gasteiger partial charge in [-0.15, -0.1) is 0 Å². The highest BCUT2D eigenvalue weighted by atomic mass is 16.5. The number of carbonyl (C=O) groups is 1. The lowest BCUT2D eigenvalue weighted by atomic mass is 9.87. The first-order chi connectivity index (χ1) is 15.7. The fourth-order valence-corrected chi connectivity index (χ4v) is 4.79. The van der Waals surface area contributed by atoms with E-state index in [-0.39, 0.29) is 41.3 Å². The van der Waals surface area contributed by atoms with Crippen molar-refractivity contribution in [2.45, 2.75) is 83.2 Å². The Balaban J connectivity index is 1.34. The van der Waals surface area contributed by atoms with Crippen LogP contribution < -0.4 is 26.8 Å². The zero-order valence-corrected chi connectivity index (χ0v) is 19.7. The number of hydrogen-bond acceptors (Lipinski definition) is 5. The van der Waals surface area contributed by atoms with Gasteiger partial charge in [-0.25, -0.2) is 10.2 Å². The van der Waals surface area contributed by atoms with Crippen LogP contribution in [0.4, 0.5) is 0 Å². The highest BCUT2D eigenvalue weighted by Gasteiger charge is 2.30. The minimum absolute atomic E-state index is 0.0124. The van der Waals surface area contributed by atoms with E-state index in [1.165, 1.54) is 10.1 Å². The largest absolute Gasteiger partial charge is 0.484 e. The summed E-state index contributed by atoms with van der Waals surface area (Å²) in [5, 5.41) is 0. The average molecular weight is 455 g/mol. The molecular formula is C25H34N4O4. The standard InChI is InChI=1S/C25H34N4O4/c1-25(2,3)16-9-11-18(12-10-16)33-15-21(30)28-27-20-14-13-19-22(20)26-24(32)29(23(19)31)17-7-5-4-6-8-17/h9-12,17,20,27H,4-8,13-15H2,1-3H3,(H,26,32)(H,28,30). The molecule has 1 aromatic heterocycles. The quantitative estimate of drug-likeness (QED) is 0.582. The Morgan fingerprint density at radius 1 is 1.09 bits per heavy atom. The van der Waals surface area contributed by atoms with Crippen molar-refractivity contribution in [3.05, 3.63) is 61.9 Å². The lowest BCUT2D eigenvalue weighted by molar-refractivity contribution is -0.124. The van der Waals surface area contributed by atoms with Gasteiger partial charge < -0.3 is 9.72 Å². The molecule has 33 heavy (non-hydrogen) atoms. The predicted octanol–water partition coefficient (Wildman–Crippen LogP) is 3.03. The molecule has 2 aliphatic carbocycles. The molecule has 0 radical (unpaired) electrons. The molecular weight excluding hydrogens is 420 g/mol. The minimum atomic E-state index is -0.354. The van der Waals surface area contributed by atoms with Gasteiger partial charge in [-0.3, -0.25) is 19.6 Å². The number of benzene rings is 1. The summed E-state index contributed by atoms with van der Waals surface area (Å²) in [6.07, 6.45) is 6.20. The summed E-state index contributed by atoms with van der Waals surface area (Å²) >= 11 is 0. The fraction of sp³-hybridized carbons (Fsp3) is 0.560. The Labute approximate surface area is 193 Å². The van der Waals surface area contributed by atoms with Gasteiger partial charge in [0.05, 0.1) is 6.04 Å². The number of amides is 1. The van der Waals surface area contributed by atoms with Gasteiger partial charge in [-0.2, -0.15) is 0 Å². The van der Waals surface area contributed by atoms with Crippen LogP contribution in [0.25, 0.3) is 0 Å². The maximum absolute atomic E-state index is 13.0. The summed E-state index contributed by atoms with van der Waals surface area (Å²) in [6.45, 7) is 6.28. The Hall–Kier alpha value is -2.87. The van der Waals surface area contributed by atoms with Crippen LogP contribution in [0.3, 0.4) is 0 Å². The molecule has 1 aromatic carbocycles. The molecule has 1 atom stereocenters. The Bertz CT molecular complexity index is 1110. The number of nitrogens with zero attached hydrogens (tertiary/aromatic N) is 1. The van der Waals surface area contributed by atoms with E-state index in [4.69, 9.17) is 4.74 Å². The predicted molar refractivity (Wildman–Crippen MR) is 126 cm³/mol. The summed E-state index contributed by atoms with van der Waals surface area (Å²) in [5.41, 5.74) is 7.53. The highest BCUT2D eigenvalue weighted by Crippen LogP contribution is 2.29. The van der Waals surface area contributed by atoms with Crippen LogP contribution in [0.15, 0.2) is 33.9 Å². The minimum Gasteiger partial charge on any atom is -0.484 e. The van der Waals surface area contributed by atoms with Crippen LogP contribution in [0.1, 0.15) is 88.2 Å². The van der Waals surface area contributed by atoms with E-state index in [1.807, 2.05) is 24.3 Å². The van der Waals surface area contributed by atoms with Crippen molar-refractivity contribution in [2.75, 3.05) is 6.61 Å². The average Bonchev–Trinajstić information content (AvgIpc) is 3.19. The van der Waals surface area contributed by atoms with Crippen molar-refractivity contribution in [2.24, 2.45) is 0 Å². The third kappa shape index (κ3) is 5.21. The number of ether oxygens (including phenoxy) is 1. The molecule has 0 bridgehead atoms. The van der Waals surface area contributed by atoms with Crippen molar-refractivity contribution in [3.8, 4) is 5.75 Å². The number of carbonyl (C=O) groups excluding carboxylic acids is 1. The zero-order chi connectivity index (χ0) is 23.6. The van der Waals surface area contributed by atoms with Gasteiger partial charge in [0.2, 0.25) is 0 Å². The van der Waals surface area contributed by atoms with E-state index in [1.54, 1.807) is 0 Å². The molecule has 1 amide bonds. The Morgan fingerprint density at radius 2 is 1.79 bits per heavy atom. The number of hydrazine groups is 1. The molecule has 1 fully saturated rings. The molecule has 8 nitrogen and oxygen atoms in total. The number of fused-ring (bicyclic) bond motifs is 1. The molecule has 1 saturated carbocycles. The molecule has 4 rings (SSSR count). The first kappa shape index (κ1) is 23.3. The third-order valence-electron chi connectivity index (χ3n) is 6.71. The smallest absolute Gasteiger partial charge is 0.328 e. The van der Waals surface area contributed by atoms with E-state index >= 15 is 0 Å². The summed E-state index contributed by atoms with van der Waals surface area (Å²) in [4.78, 5) is 40.9. The van der Waals surface area contributed by atoms with Crippen molar-refractivity contribution >= 4 is 5.91 Å². The van der Waals surface area contributed by atoms with E-state index in [0.717, 1.165) is 32.1 Å². The van der Waals surface area contributed by atoms with E-state index in [2.05, 4.69) is 36.6 Å². The first-order valence-electron chi connectivity index (χ1n) is 11.9. The molecule has 2 aliphatic rings. The molecule has 0 spiro atoms. The van der Waals surface area contributed by atoms with Crippen LogP contribution in [0, 0.1) is 0 Å². The lowest BCUT2D eigenvalue weighted by Crippen LogP contribution is -2.44. The van der Waals surface area contributed by atoms with Crippen LogP contribution in [-0.2, 0) is 16.6 Å². The van der Waals surface area contributed by atoms with Gasteiger partial charge in [0, 0.05) is 17.3 Å². The van der Waals surface area contributed by atoms with Crippen LogP contribution in [-0.4, -0.2) is 22.1 Å². The molecule has 0 aliphatic heterocycles. The lowest BCUT2D eigenvalue weighted by Gasteiger charge is -2.23. The fourth-order valence-electron chi connectivity index (χ4n) is 4.79. The number of rotatable bonds is 6. The summed E-state index contributed by atoms with van der Waals surface area (Å²) in [7, 11) is 0. The van der Waals surface area contributed by atoms with Gasteiger partial charge in [0.15, 0.2) is 6.61 Å². The third-order valence-corrected chi connectivity index (χ3v) is 6.71. The van der Waals surface area contributed by atoms with Crippen LogP contribution >= 0.6 is 0 Å². The van der Waals surface area contributed by atoms with Gasteiger partial charge >= 0.3 is 5.69 Å². The van der Waals surface area contributed by atoms with Gasteiger partial charge in [-0.1, -0.05) is 52.2 Å². The summed E-state index contributed by atoms with van der Waals surface area (Å²) in [6, 6.07) is 7.39. The Kier molecular flexibility index (Phi) is 6.74. The van der Waals surface area contributed by atoms with E-state index < -0.39 is 0 Å². The Morgan fingerprint density at radius 3 is 2.45 bits per heavy atom. The van der Waals surface area contributed by atoms with Crippen LogP contribution in [0.5, 0.6) is 5.75 Å². The zero-order valence-electron chi connectivity index (χ0n) is 19.7. The molecule has 2 aromatic rings. The maximum Gasteiger partial charge on any atom is 0.328 e. The monoisotopic (exact) mass is 454 g/mol. The normalized spacial score (nSPS) is 18.7. The molecule has 8 heteroatoms. The second-order valence-corrected chi connectivity index (χ2v) is 10.1. The first-order valence-corrected chi connectivity index (χ1v) is 11.9. The number of nitrogens with one attached hydrogen (secondary N) is 3. The van der Waals surface area contributed by atoms with Crippen molar-refractivity contribution in [3.63, 3.8) is 0 Å². The van der Waals surface area contributed by atoms with Gasteiger partial charge in [0.25, 0.3) is 11.5 Å².